The van der Waals surface area contributed by atoms with Crippen LogP contribution >= 0.6 is 11.6 Å². The molecule has 0 radical (unpaired) electrons. The van der Waals surface area contributed by atoms with Crippen molar-refractivity contribution in [2.75, 3.05) is 0 Å². The van der Waals surface area contributed by atoms with Gasteiger partial charge >= 0.3 is 5.97 Å². The average molecular weight is 239 g/mol. The van der Waals surface area contributed by atoms with Crippen molar-refractivity contribution in [1.29, 1.82) is 0 Å². The van der Waals surface area contributed by atoms with Crippen LogP contribution in [0.5, 0.6) is 0 Å². The van der Waals surface area contributed by atoms with Crippen LogP contribution in [0.1, 0.15) is 23.7 Å². The van der Waals surface area contributed by atoms with Gasteiger partial charge in [0.2, 0.25) is 6.17 Å². The first kappa shape index (κ1) is 11.8. The third kappa shape index (κ3) is 2.62. The lowest BCUT2D eigenvalue weighted by Gasteiger charge is -2.07. The molecule has 0 amide bonds. The smallest absolute Gasteiger partial charge is 0.343 e. The Morgan fingerprint density at radius 2 is 1.93 bits per heavy atom. The minimum atomic E-state index is -2.86. The number of rotatable bonds is 3. The van der Waals surface area contributed by atoms with Crippen LogP contribution in [0, 0.1) is 0 Å². The zero-order chi connectivity index (χ0) is 11.6. The minimum Gasteiger partial charge on any atom is -0.479 e. The fourth-order valence-corrected chi connectivity index (χ4v) is 1.23. The van der Waals surface area contributed by atoms with Gasteiger partial charge in [0, 0.05) is 10.6 Å². The highest BCUT2D eigenvalue weighted by Crippen LogP contribution is 2.30. The van der Waals surface area contributed by atoms with Gasteiger partial charge in [-0.1, -0.05) is 17.7 Å². The maximum Gasteiger partial charge on any atom is 0.343 e. The van der Waals surface area contributed by atoms with Gasteiger partial charge in [0.25, 0.3) is 6.43 Å². The second-order valence-corrected chi connectivity index (χ2v) is 3.19. The van der Waals surface area contributed by atoms with E-state index in [4.69, 9.17) is 16.7 Å². The Labute approximate surface area is 88.3 Å². The number of benzene rings is 1. The van der Waals surface area contributed by atoms with Crippen molar-refractivity contribution in [2.45, 2.75) is 12.6 Å². The third-order valence-electron chi connectivity index (χ3n) is 1.76. The summed E-state index contributed by atoms with van der Waals surface area (Å²) in [6.45, 7) is 0. The van der Waals surface area contributed by atoms with Gasteiger partial charge < -0.3 is 5.11 Å². The highest BCUT2D eigenvalue weighted by molar-refractivity contribution is 6.31. The first-order valence-electron chi connectivity index (χ1n) is 3.88. The van der Waals surface area contributed by atoms with Gasteiger partial charge in [-0.15, -0.1) is 0 Å². The normalized spacial score (nSPS) is 12.9. The molecule has 0 aliphatic heterocycles. The summed E-state index contributed by atoms with van der Waals surface area (Å²) >= 11 is 5.43. The molecule has 82 valence electrons. The summed E-state index contributed by atoms with van der Waals surface area (Å²) in [5, 5.41) is 8.12. The quantitative estimate of drug-likeness (QED) is 0.877. The Hall–Kier alpha value is -1.23. The summed E-state index contributed by atoms with van der Waals surface area (Å²) in [4.78, 5) is 10.3. The van der Waals surface area contributed by atoms with Crippen molar-refractivity contribution in [3.05, 3.63) is 34.3 Å². The number of carboxylic acid groups (broad SMARTS) is 1. The van der Waals surface area contributed by atoms with Crippen molar-refractivity contribution >= 4 is 17.6 Å². The van der Waals surface area contributed by atoms with E-state index < -0.39 is 24.1 Å². The molecule has 0 saturated carbocycles. The van der Waals surface area contributed by atoms with Crippen LogP contribution in [0.4, 0.5) is 13.2 Å². The van der Waals surface area contributed by atoms with E-state index in [2.05, 4.69) is 0 Å². The van der Waals surface area contributed by atoms with Crippen LogP contribution in [-0.4, -0.2) is 11.1 Å². The number of aliphatic carboxylic acids is 1. The lowest BCUT2D eigenvalue weighted by Crippen LogP contribution is -2.06. The predicted molar refractivity (Wildman–Crippen MR) is 47.9 cm³/mol. The van der Waals surface area contributed by atoms with Gasteiger partial charge in [0.1, 0.15) is 0 Å². The standard InChI is InChI=1S/C9H6ClF3O2/c10-6-2-1-4(7(11)9(14)15)3-5(6)8(12)13/h1-3,7-8H,(H,14,15). The maximum absolute atomic E-state index is 12.9. The van der Waals surface area contributed by atoms with E-state index in [1.807, 2.05) is 0 Å². The summed E-state index contributed by atoms with van der Waals surface area (Å²) in [7, 11) is 0. The van der Waals surface area contributed by atoms with E-state index in [0.717, 1.165) is 18.2 Å². The molecule has 0 saturated heterocycles. The van der Waals surface area contributed by atoms with Crippen molar-refractivity contribution in [3.8, 4) is 0 Å². The van der Waals surface area contributed by atoms with Crippen molar-refractivity contribution < 1.29 is 23.1 Å². The number of halogens is 4. The van der Waals surface area contributed by atoms with Gasteiger partial charge in [0.15, 0.2) is 0 Å². The van der Waals surface area contributed by atoms with E-state index in [1.54, 1.807) is 0 Å². The number of hydrogen-bond acceptors (Lipinski definition) is 1. The first-order chi connectivity index (χ1) is 6.93. The Kier molecular flexibility index (Phi) is 3.57. The van der Waals surface area contributed by atoms with Crippen molar-refractivity contribution in [2.24, 2.45) is 0 Å². The molecule has 15 heavy (non-hydrogen) atoms. The molecule has 1 aromatic carbocycles. The van der Waals surface area contributed by atoms with Gasteiger partial charge in [-0.2, -0.15) is 0 Å². The van der Waals surface area contributed by atoms with Crippen molar-refractivity contribution in [1.82, 2.24) is 0 Å². The molecule has 0 aliphatic rings. The third-order valence-corrected chi connectivity index (χ3v) is 2.11. The van der Waals surface area contributed by atoms with E-state index >= 15 is 0 Å². The number of carbonyl (C=O) groups is 1. The fourth-order valence-electron chi connectivity index (χ4n) is 1.03. The zero-order valence-electron chi connectivity index (χ0n) is 7.25. The molecular weight excluding hydrogens is 233 g/mol. The van der Waals surface area contributed by atoms with Crippen LogP contribution in [-0.2, 0) is 4.79 Å². The molecule has 1 rings (SSSR count). The fraction of sp³-hybridized carbons (Fsp3) is 0.222. The number of carboxylic acids is 1. The molecule has 1 N–H and O–H groups in total. The van der Waals surface area contributed by atoms with Gasteiger partial charge in [-0.3, -0.25) is 0 Å². The van der Waals surface area contributed by atoms with Crippen LogP contribution in [0.3, 0.4) is 0 Å². The van der Waals surface area contributed by atoms with E-state index in [1.165, 1.54) is 0 Å². The molecule has 2 nitrogen and oxygen atoms in total. The molecule has 1 aromatic rings. The molecule has 0 bridgehead atoms. The number of hydrogen-bond donors (Lipinski definition) is 1. The monoisotopic (exact) mass is 238 g/mol. The SMILES string of the molecule is O=C(O)C(F)c1ccc(Cl)c(C(F)F)c1. The Morgan fingerprint density at radius 1 is 1.33 bits per heavy atom. The van der Waals surface area contributed by atoms with E-state index in [9.17, 15) is 18.0 Å². The average Bonchev–Trinajstić information content (AvgIpc) is 2.16. The lowest BCUT2D eigenvalue weighted by atomic mass is 10.1. The highest BCUT2D eigenvalue weighted by atomic mass is 35.5. The lowest BCUT2D eigenvalue weighted by molar-refractivity contribution is -0.143. The molecule has 0 spiro atoms. The van der Waals surface area contributed by atoms with E-state index in [0.29, 0.717) is 0 Å². The molecule has 0 heterocycles. The topological polar surface area (TPSA) is 37.3 Å². The molecule has 0 aliphatic carbocycles. The summed E-state index contributed by atoms with van der Waals surface area (Å²) in [6, 6.07) is 2.87. The van der Waals surface area contributed by atoms with Gasteiger partial charge in [0.05, 0.1) is 0 Å². The summed E-state index contributed by atoms with van der Waals surface area (Å²) in [6.07, 6.45) is -5.18. The van der Waals surface area contributed by atoms with Gasteiger partial charge in [-0.25, -0.2) is 18.0 Å². The molecule has 0 aromatic heterocycles. The second kappa shape index (κ2) is 4.53. The maximum atomic E-state index is 12.9. The van der Waals surface area contributed by atoms with Crippen molar-refractivity contribution in [3.63, 3.8) is 0 Å². The number of alkyl halides is 3. The molecular formula is C9H6ClF3O2. The van der Waals surface area contributed by atoms with Crippen LogP contribution in [0.25, 0.3) is 0 Å². The molecule has 0 fully saturated rings. The summed E-state index contributed by atoms with van der Waals surface area (Å²) in [5.41, 5.74) is -0.916. The van der Waals surface area contributed by atoms with E-state index in [-0.39, 0.29) is 10.6 Å². The van der Waals surface area contributed by atoms with Crippen LogP contribution < -0.4 is 0 Å². The Morgan fingerprint density at radius 3 is 2.40 bits per heavy atom. The zero-order valence-corrected chi connectivity index (χ0v) is 8.01. The molecule has 6 heteroatoms. The summed E-state index contributed by atoms with van der Waals surface area (Å²) in [5.74, 6) is -1.72. The highest BCUT2D eigenvalue weighted by Gasteiger charge is 2.21. The largest absolute Gasteiger partial charge is 0.479 e. The second-order valence-electron chi connectivity index (χ2n) is 2.78. The Bertz CT molecular complexity index is 382. The Balaban J connectivity index is 3.13. The van der Waals surface area contributed by atoms with Crippen LogP contribution in [0.15, 0.2) is 18.2 Å². The van der Waals surface area contributed by atoms with Gasteiger partial charge in [-0.05, 0) is 17.7 Å². The minimum absolute atomic E-state index is 0.216. The first-order valence-corrected chi connectivity index (χ1v) is 4.25. The molecule has 1 unspecified atom stereocenters. The molecule has 1 atom stereocenters. The predicted octanol–water partition coefficient (Wildman–Crippen LogP) is 3.37. The van der Waals surface area contributed by atoms with Crippen LogP contribution in [0.2, 0.25) is 5.02 Å². The summed E-state index contributed by atoms with van der Waals surface area (Å²) < 4.78 is 37.6.